The summed E-state index contributed by atoms with van der Waals surface area (Å²) >= 11 is 9.57. The SMILES string of the molecule is Clc1cccc(-n2cc(CBr)c(-c3ccccc3)n2)c1. The normalized spacial score (nSPS) is 10.7. The highest BCUT2D eigenvalue weighted by Crippen LogP contribution is 2.25. The van der Waals surface area contributed by atoms with Crippen molar-refractivity contribution in [2.75, 3.05) is 0 Å². The zero-order valence-corrected chi connectivity index (χ0v) is 13.0. The van der Waals surface area contributed by atoms with Gasteiger partial charge >= 0.3 is 0 Å². The Balaban J connectivity index is 2.10. The molecule has 3 rings (SSSR count). The second-order valence-corrected chi connectivity index (χ2v) is 5.42. The maximum Gasteiger partial charge on any atom is 0.0968 e. The summed E-state index contributed by atoms with van der Waals surface area (Å²) in [5, 5.41) is 6.16. The molecule has 0 spiro atoms. The Morgan fingerprint density at radius 3 is 2.55 bits per heavy atom. The fraction of sp³-hybridized carbons (Fsp3) is 0.0625. The summed E-state index contributed by atoms with van der Waals surface area (Å²) in [5.74, 6) is 0. The molecule has 0 radical (unpaired) electrons. The monoisotopic (exact) mass is 346 g/mol. The third-order valence-electron chi connectivity index (χ3n) is 3.05. The van der Waals surface area contributed by atoms with Gasteiger partial charge in [0.25, 0.3) is 0 Å². The van der Waals surface area contributed by atoms with Crippen LogP contribution in [0.5, 0.6) is 0 Å². The first-order chi connectivity index (χ1) is 9.78. The first kappa shape index (κ1) is 13.4. The van der Waals surface area contributed by atoms with Crippen LogP contribution in [0.15, 0.2) is 60.8 Å². The zero-order valence-electron chi connectivity index (χ0n) is 10.6. The van der Waals surface area contributed by atoms with Gasteiger partial charge in [-0.05, 0) is 18.2 Å². The van der Waals surface area contributed by atoms with Gasteiger partial charge in [-0.3, -0.25) is 0 Å². The average Bonchev–Trinajstić information content (AvgIpc) is 2.92. The summed E-state index contributed by atoms with van der Waals surface area (Å²) in [6.45, 7) is 0. The molecule has 0 saturated heterocycles. The molecule has 0 aliphatic heterocycles. The molecule has 20 heavy (non-hydrogen) atoms. The van der Waals surface area contributed by atoms with Crippen molar-refractivity contribution in [3.63, 3.8) is 0 Å². The number of rotatable bonds is 3. The molecule has 0 atom stereocenters. The van der Waals surface area contributed by atoms with Crippen molar-refractivity contribution in [1.82, 2.24) is 9.78 Å². The topological polar surface area (TPSA) is 17.8 Å². The summed E-state index contributed by atoms with van der Waals surface area (Å²) in [4.78, 5) is 0. The van der Waals surface area contributed by atoms with E-state index in [1.807, 2.05) is 53.3 Å². The van der Waals surface area contributed by atoms with E-state index in [1.54, 1.807) is 0 Å². The number of halogens is 2. The smallest absolute Gasteiger partial charge is 0.0968 e. The molecule has 0 aliphatic rings. The van der Waals surface area contributed by atoms with Crippen LogP contribution >= 0.6 is 27.5 Å². The van der Waals surface area contributed by atoms with Gasteiger partial charge in [-0.25, -0.2) is 4.68 Å². The van der Waals surface area contributed by atoms with E-state index in [0.717, 1.165) is 27.8 Å². The Hall–Kier alpha value is -1.58. The largest absolute Gasteiger partial charge is 0.240 e. The molecule has 2 nitrogen and oxygen atoms in total. The number of benzene rings is 2. The molecule has 2 aromatic carbocycles. The van der Waals surface area contributed by atoms with Crippen molar-refractivity contribution in [3.05, 3.63) is 71.4 Å². The minimum Gasteiger partial charge on any atom is -0.240 e. The van der Waals surface area contributed by atoms with Crippen molar-refractivity contribution in [1.29, 1.82) is 0 Å². The number of hydrogen-bond donors (Lipinski definition) is 0. The molecule has 1 aromatic heterocycles. The lowest BCUT2D eigenvalue weighted by Gasteiger charge is -2.01. The van der Waals surface area contributed by atoms with Crippen LogP contribution in [0.25, 0.3) is 16.9 Å². The van der Waals surface area contributed by atoms with Crippen LogP contribution in [0, 0.1) is 0 Å². The first-order valence-electron chi connectivity index (χ1n) is 6.24. The van der Waals surface area contributed by atoms with Gasteiger partial charge in [0, 0.05) is 27.7 Å². The fourth-order valence-electron chi connectivity index (χ4n) is 2.10. The predicted octanol–water partition coefficient (Wildman–Crippen LogP) is 5.09. The van der Waals surface area contributed by atoms with Gasteiger partial charge < -0.3 is 0 Å². The van der Waals surface area contributed by atoms with Crippen LogP contribution in [-0.2, 0) is 5.33 Å². The van der Waals surface area contributed by atoms with Crippen LogP contribution in [0.1, 0.15) is 5.56 Å². The van der Waals surface area contributed by atoms with E-state index in [-0.39, 0.29) is 0 Å². The number of hydrogen-bond acceptors (Lipinski definition) is 1. The van der Waals surface area contributed by atoms with Crippen molar-refractivity contribution >= 4 is 27.5 Å². The summed E-state index contributed by atoms with van der Waals surface area (Å²) in [6.07, 6.45) is 2.03. The molecule has 0 amide bonds. The van der Waals surface area contributed by atoms with Crippen LogP contribution in [0.4, 0.5) is 0 Å². The molecule has 0 aliphatic carbocycles. The number of alkyl halides is 1. The average molecular weight is 348 g/mol. The van der Waals surface area contributed by atoms with Crippen molar-refractivity contribution in [2.45, 2.75) is 5.33 Å². The van der Waals surface area contributed by atoms with E-state index in [1.165, 1.54) is 0 Å². The Kier molecular flexibility index (Phi) is 3.90. The van der Waals surface area contributed by atoms with Gasteiger partial charge in [-0.1, -0.05) is 63.9 Å². The zero-order chi connectivity index (χ0) is 13.9. The second kappa shape index (κ2) is 5.81. The highest BCUT2D eigenvalue weighted by molar-refractivity contribution is 9.08. The molecule has 1 heterocycles. The third-order valence-corrected chi connectivity index (χ3v) is 3.89. The molecule has 0 N–H and O–H groups in total. The Morgan fingerprint density at radius 1 is 1.05 bits per heavy atom. The number of nitrogens with zero attached hydrogens (tertiary/aromatic N) is 2. The van der Waals surface area contributed by atoms with E-state index in [2.05, 4.69) is 28.1 Å². The van der Waals surface area contributed by atoms with E-state index >= 15 is 0 Å². The van der Waals surface area contributed by atoms with Gasteiger partial charge in [-0.15, -0.1) is 0 Å². The predicted molar refractivity (Wildman–Crippen MR) is 86.6 cm³/mol. The lowest BCUT2D eigenvalue weighted by Crippen LogP contribution is -1.94. The molecular weight excluding hydrogens is 336 g/mol. The van der Waals surface area contributed by atoms with Crippen LogP contribution in [0.2, 0.25) is 5.02 Å². The summed E-state index contributed by atoms with van der Waals surface area (Å²) in [5.41, 5.74) is 4.21. The standard InChI is InChI=1S/C16H12BrClN2/c17-10-13-11-20(15-8-4-7-14(18)9-15)19-16(13)12-5-2-1-3-6-12/h1-9,11H,10H2. The van der Waals surface area contributed by atoms with Crippen LogP contribution in [-0.4, -0.2) is 9.78 Å². The van der Waals surface area contributed by atoms with Crippen molar-refractivity contribution in [3.8, 4) is 16.9 Å². The maximum atomic E-state index is 6.04. The Morgan fingerprint density at radius 2 is 1.85 bits per heavy atom. The van der Waals surface area contributed by atoms with E-state index in [9.17, 15) is 0 Å². The maximum absolute atomic E-state index is 6.04. The van der Waals surface area contributed by atoms with Gasteiger partial charge in [0.05, 0.1) is 11.4 Å². The van der Waals surface area contributed by atoms with Crippen LogP contribution < -0.4 is 0 Å². The molecule has 0 saturated carbocycles. The number of aromatic nitrogens is 2. The van der Waals surface area contributed by atoms with Gasteiger partial charge in [-0.2, -0.15) is 5.10 Å². The molecule has 3 aromatic rings. The lowest BCUT2D eigenvalue weighted by molar-refractivity contribution is 0.884. The van der Waals surface area contributed by atoms with Gasteiger partial charge in [0.2, 0.25) is 0 Å². The highest BCUT2D eigenvalue weighted by atomic mass is 79.9. The van der Waals surface area contributed by atoms with E-state index in [4.69, 9.17) is 16.7 Å². The molecular formula is C16H12BrClN2. The first-order valence-corrected chi connectivity index (χ1v) is 7.74. The quantitative estimate of drug-likeness (QED) is 0.604. The molecule has 0 unspecified atom stereocenters. The van der Waals surface area contributed by atoms with Crippen molar-refractivity contribution in [2.24, 2.45) is 0 Å². The lowest BCUT2D eigenvalue weighted by atomic mass is 10.1. The molecule has 0 bridgehead atoms. The second-order valence-electron chi connectivity index (χ2n) is 4.43. The van der Waals surface area contributed by atoms with E-state index < -0.39 is 0 Å². The minimum absolute atomic E-state index is 0.708. The van der Waals surface area contributed by atoms with E-state index in [0.29, 0.717) is 5.02 Å². The fourth-order valence-corrected chi connectivity index (χ4v) is 2.69. The van der Waals surface area contributed by atoms with Crippen LogP contribution in [0.3, 0.4) is 0 Å². The van der Waals surface area contributed by atoms with Gasteiger partial charge in [0.1, 0.15) is 0 Å². The highest BCUT2D eigenvalue weighted by Gasteiger charge is 2.11. The summed E-state index contributed by atoms with van der Waals surface area (Å²) < 4.78 is 1.87. The molecule has 100 valence electrons. The minimum atomic E-state index is 0.708. The Bertz CT molecular complexity index is 722. The third kappa shape index (κ3) is 2.65. The molecule has 4 heteroatoms. The van der Waals surface area contributed by atoms with Gasteiger partial charge in [0.15, 0.2) is 0 Å². The Labute approximate surface area is 131 Å². The molecule has 0 fully saturated rings. The summed E-state index contributed by atoms with van der Waals surface area (Å²) in [7, 11) is 0. The summed E-state index contributed by atoms with van der Waals surface area (Å²) in [6, 6.07) is 17.9. The van der Waals surface area contributed by atoms with Crippen molar-refractivity contribution < 1.29 is 0 Å².